The molecule has 1 aromatic rings. The molecule has 1 aromatic carbocycles. The van der Waals surface area contributed by atoms with E-state index >= 15 is 0 Å². The van der Waals surface area contributed by atoms with Crippen LogP contribution in [0.15, 0.2) is 12.1 Å². The van der Waals surface area contributed by atoms with Crippen LogP contribution in [0.2, 0.25) is 0 Å². The first-order valence-corrected chi connectivity index (χ1v) is 4.26. The van der Waals surface area contributed by atoms with Crippen molar-refractivity contribution in [3.8, 4) is 0 Å². The van der Waals surface area contributed by atoms with E-state index in [1.54, 1.807) is 0 Å². The number of halogens is 3. The second-order valence-electron chi connectivity index (χ2n) is 2.53. The fourth-order valence-electron chi connectivity index (χ4n) is 0.960. The number of carbonyl (C=O) groups is 1. The van der Waals surface area contributed by atoms with E-state index in [2.05, 4.69) is 4.74 Å². The Kier molecular flexibility index (Phi) is 3.41. The monoisotopic (exact) mass is 220 g/mol. The van der Waals surface area contributed by atoms with Gasteiger partial charge in [-0.15, -0.1) is 11.6 Å². The van der Waals surface area contributed by atoms with Gasteiger partial charge in [-0.05, 0) is 6.07 Å². The van der Waals surface area contributed by atoms with Gasteiger partial charge in [0.15, 0.2) is 11.6 Å². The summed E-state index contributed by atoms with van der Waals surface area (Å²) in [6.45, 7) is 0. The molecule has 0 atom stereocenters. The molecular weight excluding hydrogens is 214 g/mol. The van der Waals surface area contributed by atoms with E-state index in [1.165, 1.54) is 6.07 Å². The molecule has 0 unspecified atom stereocenters. The van der Waals surface area contributed by atoms with Crippen LogP contribution in [-0.2, 0) is 10.6 Å². The van der Waals surface area contributed by atoms with Gasteiger partial charge in [0.1, 0.15) is 0 Å². The van der Waals surface area contributed by atoms with Crippen LogP contribution in [0.5, 0.6) is 0 Å². The molecule has 0 saturated heterocycles. The Hall–Kier alpha value is -1.16. The van der Waals surface area contributed by atoms with Crippen LogP contribution in [0, 0.1) is 11.6 Å². The van der Waals surface area contributed by atoms with Crippen LogP contribution >= 0.6 is 11.6 Å². The molecule has 0 spiro atoms. The summed E-state index contributed by atoms with van der Waals surface area (Å²) in [6.07, 6.45) is 0. The minimum Gasteiger partial charge on any atom is -0.465 e. The van der Waals surface area contributed by atoms with Crippen molar-refractivity contribution in [1.82, 2.24) is 0 Å². The van der Waals surface area contributed by atoms with Gasteiger partial charge in [0.05, 0.1) is 18.6 Å². The van der Waals surface area contributed by atoms with Crippen molar-refractivity contribution in [3.05, 3.63) is 34.9 Å². The highest BCUT2D eigenvalue weighted by Crippen LogP contribution is 2.18. The third-order valence-corrected chi connectivity index (χ3v) is 2.00. The summed E-state index contributed by atoms with van der Waals surface area (Å²) in [7, 11) is 1.09. The van der Waals surface area contributed by atoms with Gasteiger partial charge in [-0.1, -0.05) is 6.07 Å². The lowest BCUT2D eigenvalue weighted by molar-refractivity contribution is 0.0594. The van der Waals surface area contributed by atoms with Crippen molar-refractivity contribution < 1.29 is 18.3 Å². The predicted molar refractivity (Wildman–Crippen MR) is 47.3 cm³/mol. The summed E-state index contributed by atoms with van der Waals surface area (Å²) in [6, 6.07) is 2.39. The number of hydrogen-bond donors (Lipinski definition) is 0. The van der Waals surface area contributed by atoms with Crippen molar-refractivity contribution in [2.45, 2.75) is 5.88 Å². The molecular formula is C9H7ClF2O2. The number of methoxy groups -OCH3 is 1. The maximum atomic E-state index is 13.2. The number of carbonyl (C=O) groups excluding carboxylic acids is 1. The molecule has 0 bridgehead atoms. The molecule has 0 aromatic heterocycles. The molecule has 0 N–H and O–H groups in total. The van der Waals surface area contributed by atoms with Gasteiger partial charge < -0.3 is 4.74 Å². The van der Waals surface area contributed by atoms with Gasteiger partial charge in [0.25, 0.3) is 0 Å². The zero-order chi connectivity index (χ0) is 10.7. The lowest BCUT2D eigenvalue weighted by Crippen LogP contribution is -2.07. The number of ether oxygens (including phenoxy) is 1. The normalized spacial score (nSPS) is 10.0. The summed E-state index contributed by atoms with van der Waals surface area (Å²) in [5.41, 5.74) is -0.421. The Balaban J connectivity index is 3.24. The van der Waals surface area contributed by atoms with E-state index in [9.17, 15) is 13.6 Å². The average molecular weight is 221 g/mol. The van der Waals surface area contributed by atoms with Gasteiger partial charge in [-0.3, -0.25) is 0 Å². The van der Waals surface area contributed by atoms with Crippen LogP contribution in [0.25, 0.3) is 0 Å². The molecule has 0 amide bonds. The lowest BCUT2D eigenvalue weighted by atomic mass is 10.1. The van der Waals surface area contributed by atoms with Gasteiger partial charge in [-0.25, -0.2) is 13.6 Å². The summed E-state index contributed by atoms with van der Waals surface area (Å²) < 4.78 is 30.5. The van der Waals surface area contributed by atoms with Crippen molar-refractivity contribution >= 4 is 17.6 Å². The van der Waals surface area contributed by atoms with E-state index in [0.29, 0.717) is 0 Å². The summed E-state index contributed by atoms with van der Waals surface area (Å²) in [4.78, 5) is 10.9. The topological polar surface area (TPSA) is 26.3 Å². The average Bonchev–Trinajstić information content (AvgIpc) is 2.21. The SMILES string of the molecule is COC(=O)c1ccc(CCl)c(F)c1F. The van der Waals surface area contributed by atoms with E-state index in [-0.39, 0.29) is 11.4 Å². The highest BCUT2D eigenvalue weighted by molar-refractivity contribution is 6.17. The molecule has 14 heavy (non-hydrogen) atoms. The molecule has 0 saturated carbocycles. The van der Waals surface area contributed by atoms with E-state index in [4.69, 9.17) is 11.6 Å². The third-order valence-electron chi connectivity index (χ3n) is 1.71. The summed E-state index contributed by atoms with van der Waals surface area (Å²) >= 11 is 5.35. The number of esters is 1. The van der Waals surface area contributed by atoms with Gasteiger partial charge >= 0.3 is 5.97 Å². The maximum absolute atomic E-state index is 13.2. The first kappa shape index (κ1) is 10.9. The molecule has 0 aliphatic heterocycles. The molecule has 2 nitrogen and oxygen atoms in total. The minimum absolute atomic E-state index is 0.0109. The molecule has 0 radical (unpaired) electrons. The number of hydrogen-bond acceptors (Lipinski definition) is 2. The highest BCUT2D eigenvalue weighted by atomic mass is 35.5. The fraction of sp³-hybridized carbons (Fsp3) is 0.222. The second kappa shape index (κ2) is 4.37. The molecule has 0 heterocycles. The van der Waals surface area contributed by atoms with Crippen molar-refractivity contribution in [2.75, 3.05) is 7.11 Å². The number of alkyl halides is 1. The minimum atomic E-state index is -1.23. The largest absolute Gasteiger partial charge is 0.465 e. The quantitative estimate of drug-likeness (QED) is 0.565. The number of rotatable bonds is 2. The van der Waals surface area contributed by atoms with Crippen molar-refractivity contribution in [3.63, 3.8) is 0 Å². The zero-order valence-corrected chi connectivity index (χ0v) is 8.07. The summed E-state index contributed by atoms with van der Waals surface area (Å²) in [5, 5.41) is 0. The van der Waals surface area contributed by atoms with Gasteiger partial charge in [0.2, 0.25) is 0 Å². The zero-order valence-electron chi connectivity index (χ0n) is 7.31. The van der Waals surface area contributed by atoms with Crippen LogP contribution in [-0.4, -0.2) is 13.1 Å². The van der Waals surface area contributed by atoms with Crippen LogP contribution in [0.4, 0.5) is 8.78 Å². The number of benzene rings is 1. The Morgan fingerprint density at radius 2 is 2.07 bits per heavy atom. The van der Waals surface area contributed by atoms with Gasteiger partial charge in [0, 0.05) is 5.56 Å². The Morgan fingerprint density at radius 3 is 2.57 bits per heavy atom. The first-order valence-electron chi connectivity index (χ1n) is 3.73. The molecule has 0 fully saturated rings. The maximum Gasteiger partial charge on any atom is 0.340 e. The third kappa shape index (κ3) is 1.85. The van der Waals surface area contributed by atoms with Crippen molar-refractivity contribution in [1.29, 1.82) is 0 Å². The van der Waals surface area contributed by atoms with E-state index < -0.39 is 23.2 Å². The molecule has 1 rings (SSSR count). The molecule has 5 heteroatoms. The van der Waals surface area contributed by atoms with Crippen LogP contribution in [0.3, 0.4) is 0 Å². The molecule has 76 valence electrons. The first-order chi connectivity index (χ1) is 6.61. The van der Waals surface area contributed by atoms with Crippen LogP contribution < -0.4 is 0 Å². The van der Waals surface area contributed by atoms with E-state index in [1.807, 2.05) is 0 Å². The second-order valence-corrected chi connectivity index (χ2v) is 2.79. The Labute approximate surface area is 84.4 Å². The summed E-state index contributed by atoms with van der Waals surface area (Å²) in [5.74, 6) is -3.40. The standard InChI is InChI=1S/C9H7ClF2O2/c1-14-9(13)6-3-2-5(4-10)7(11)8(6)12/h2-3H,4H2,1H3. The van der Waals surface area contributed by atoms with E-state index in [0.717, 1.165) is 13.2 Å². The van der Waals surface area contributed by atoms with Crippen LogP contribution in [0.1, 0.15) is 15.9 Å². The smallest absolute Gasteiger partial charge is 0.340 e. The molecule has 0 aliphatic carbocycles. The Morgan fingerprint density at radius 1 is 1.43 bits per heavy atom. The van der Waals surface area contributed by atoms with Gasteiger partial charge in [-0.2, -0.15) is 0 Å². The molecule has 0 aliphatic rings. The predicted octanol–water partition coefficient (Wildman–Crippen LogP) is 2.49. The fourth-order valence-corrected chi connectivity index (χ4v) is 1.17. The lowest BCUT2D eigenvalue weighted by Gasteiger charge is -2.04. The Bertz CT molecular complexity index is 366. The highest BCUT2D eigenvalue weighted by Gasteiger charge is 2.18. The van der Waals surface area contributed by atoms with Crippen molar-refractivity contribution in [2.24, 2.45) is 0 Å².